The Morgan fingerprint density at radius 3 is 2.75 bits per heavy atom. The van der Waals surface area contributed by atoms with Gasteiger partial charge in [0.15, 0.2) is 6.04 Å². The number of carbonyl (C=O) groups is 2. The summed E-state index contributed by atoms with van der Waals surface area (Å²) in [7, 11) is 0. The number of carboxylic acids is 1. The van der Waals surface area contributed by atoms with Crippen molar-refractivity contribution < 1.29 is 24.5 Å². The summed E-state index contributed by atoms with van der Waals surface area (Å²) in [4.78, 5) is 24.6. The largest absolute Gasteiger partial charge is 0.480 e. The SMILES string of the molecule is CCN1CCOC(CNC(=O)N[C@H](C(=O)O)[C@@H](C)O)C1. The van der Waals surface area contributed by atoms with Crippen LogP contribution < -0.4 is 10.6 Å². The molecule has 1 fully saturated rings. The number of urea groups is 1. The van der Waals surface area contributed by atoms with Crippen LogP contribution in [-0.4, -0.2) is 78.1 Å². The van der Waals surface area contributed by atoms with Crippen LogP contribution in [0.4, 0.5) is 4.79 Å². The fraction of sp³-hybridized carbons (Fsp3) is 0.833. The van der Waals surface area contributed by atoms with Crippen molar-refractivity contribution in [2.45, 2.75) is 32.1 Å². The third-order valence-electron chi connectivity index (χ3n) is 3.20. The number of morpholine rings is 1. The molecular formula is C12H23N3O5. The van der Waals surface area contributed by atoms with Crippen LogP contribution in [0.5, 0.6) is 0 Å². The van der Waals surface area contributed by atoms with Gasteiger partial charge >= 0.3 is 12.0 Å². The Morgan fingerprint density at radius 2 is 2.20 bits per heavy atom. The summed E-state index contributed by atoms with van der Waals surface area (Å²) >= 11 is 0. The number of carbonyl (C=O) groups excluding carboxylic acids is 1. The van der Waals surface area contributed by atoms with Crippen LogP contribution in [0.25, 0.3) is 0 Å². The zero-order chi connectivity index (χ0) is 15.1. The monoisotopic (exact) mass is 289 g/mol. The standard InChI is InChI=1S/C12H23N3O5/c1-3-15-4-5-20-9(7-15)6-13-12(19)14-10(8(2)16)11(17)18/h8-10,16H,3-7H2,1-2H3,(H,17,18)(H2,13,14,19)/t8-,9?,10+/m1/s1. The van der Waals surface area contributed by atoms with Crippen molar-refractivity contribution in [2.75, 3.05) is 32.8 Å². The van der Waals surface area contributed by atoms with Gasteiger partial charge in [-0.2, -0.15) is 0 Å². The van der Waals surface area contributed by atoms with E-state index in [4.69, 9.17) is 9.84 Å². The molecule has 1 saturated heterocycles. The Bertz CT molecular complexity index is 337. The minimum Gasteiger partial charge on any atom is -0.480 e. The summed E-state index contributed by atoms with van der Waals surface area (Å²) in [6.45, 7) is 6.82. The summed E-state index contributed by atoms with van der Waals surface area (Å²) < 4.78 is 5.51. The first-order valence-corrected chi connectivity index (χ1v) is 6.73. The lowest BCUT2D eigenvalue weighted by atomic mass is 10.2. The van der Waals surface area contributed by atoms with Gasteiger partial charge in [-0.05, 0) is 13.5 Å². The van der Waals surface area contributed by atoms with Gasteiger partial charge in [0.1, 0.15) is 0 Å². The third-order valence-corrected chi connectivity index (χ3v) is 3.20. The molecule has 1 unspecified atom stereocenters. The van der Waals surface area contributed by atoms with Crippen molar-refractivity contribution in [1.29, 1.82) is 0 Å². The minimum atomic E-state index is -1.32. The summed E-state index contributed by atoms with van der Waals surface area (Å²) in [6.07, 6.45) is -1.27. The summed E-state index contributed by atoms with van der Waals surface area (Å²) in [5.74, 6) is -1.28. The molecule has 8 heteroatoms. The normalized spacial score (nSPS) is 22.9. The molecule has 0 aromatic carbocycles. The van der Waals surface area contributed by atoms with Crippen LogP contribution >= 0.6 is 0 Å². The van der Waals surface area contributed by atoms with E-state index >= 15 is 0 Å². The second-order valence-electron chi connectivity index (χ2n) is 4.80. The van der Waals surface area contributed by atoms with Gasteiger partial charge in [-0.25, -0.2) is 9.59 Å². The number of amides is 2. The van der Waals surface area contributed by atoms with Crippen molar-refractivity contribution in [3.63, 3.8) is 0 Å². The number of aliphatic hydroxyl groups is 1. The molecular weight excluding hydrogens is 266 g/mol. The number of hydrogen-bond donors (Lipinski definition) is 4. The van der Waals surface area contributed by atoms with E-state index in [-0.39, 0.29) is 6.10 Å². The van der Waals surface area contributed by atoms with Crippen molar-refractivity contribution in [3.8, 4) is 0 Å². The van der Waals surface area contributed by atoms with Crippen molar-refractivity contribution in [3.05, 3.63) is 0 Å². The highest BCUT2D eigenvalue weighted by atomic mass is 16.5. The summed E-state index contributed by atoms with van der Waals surface area (Å²) in [5, 5.41) is 22.9. The van der Waals surface area contributed by atoms with Crippen LogP contribution in [0.15, 0.2) is 0 Å². The average molecular weight is 289 g/mol. The maximum atomic E-state index is 11.6. The lowest BCUT2D eigenvalue weighted by Gasteiger charge is -2.32. The molecule has 20 heavy (non-hydrogen) atoms. The van der Waals surface area contributed by atoms with Crippen LogP contribution in [0.3, 0.4) is 0 Å². The van der Waals surface area contributed by atoms with E-state index in [2.05, 4.69) is 22.5 Å². The highest BCUT2D eigenvalue weighted by Crippen LogP contribution is 2.03. The van der Waals surface area contributed by atoms with E-state index in [1.165, 1.54) is 6.92 Å². The Morgan fingerprint density at radius 1 is 1.50 bits per heavy atom. The minimum absolute atomic E-state index is 0.107. The fourth-order valence-electron chi connectivity index (χ4n) is 1.98. The molecule has 8 nitrogen and oxygen atoms in total. The number of carboxylic acid groups (broad SMARTS) is 1. The number of aliphatic hydroxyl groups excluding tert-OH is 1. The highest BCUT2D eigenvalue weighted by molar-refractivity contribution is 5.82. The number of nitrogens with zero attached hydrogens (tertiary/aromatic N) is 1. The Labute approximate surface area is 118 Å². The molecule has 0 aliphatic carbocycles. The molecule has 0 spiro atoms. The predicted molar refractivity (Wildman–Crippen MR) is 71.5 cm³/mol. The van der Waals surface area contributed by atoms with Crippen molar-refractivity contribution >= 4 is 12.0 Å². The van der Waals surface area contributed by atoms with Gasteiger partial charge in [-0.1, -0.05) is 6.92 Å². The lowest BCUT2D eigenvalue weighted by Crippen LogP contribution is -2.53. The van der Waals surface area contributed by atoms with E-state index in [0.717, 1.165) is 19.6 Å². The molecule has 0 radical (unpaired) electrons. The Kier molecular flexibility index (Phi) is 6.69. The number of ether oxygens (including phenoxy) is 1. The first-order chi connectivity index (χ1) is 9.43. The van der Waals surface area contributed by atoms with Gasteiger partial charge in [0.25, 0.3) is 0 Å². The van der Waals surface area contributed by atoms with E-state index in [0.29, 0.717) is 13.2 Å². The molecule has 2 amide bonds. The predicted octanol–water partition coefficient (Wildman–Crippen LogP) is -1.16. The van der Waals surface area contributed by atoms with E-state index in [1.807, 2.05) is 0 Å². The molecule has 0 saturated carbocycles. The summed E-state index contributed by atoms with van der Waals surface area (Å²) in [5.41, 5.74) is 0. The van der Waals surface area contributed by atoms with E-state index < -0.39 is 24.1 Å². The third kappa shape index (κ3) is 5.32. The van der Waals surface area contributed by atoms with Gasteiger partial charge in [0, 0.05) is 19.6 Å². The van der Waals surface area contributed by atoms with E-state index in [1.54, 1.807) is 0 Å². The van der Waals surface area contributed by atoms with Crippen LogP contribution in [0, 0.1) is 0 Å². The number of rotatable bonds is 6. The van der Waals surface area contributed by atoms with Gasteiger partial charge in [0.05, 0.1) is 18.8 Å². The van der Waals surface area contributed by atoms with Gasteiger partial charge in [0.2, 0.25) is 0 Å². The quantitative estimate of drug-likeness (QED) is 0.491. The second kappa shape index (κ2) is 8.03. The first kappa shape index (κ1) is 16.7. The number of nitrogens with one attached hydrogen (secondary N) is 2. The molecule has 0 bridgehead atoms. The molecule has 116 valence electrons. The molecule has 1 heterocycles. The second-order valence-corrected chi connectivity index (χ2v) is 4.80. The van der Waals surface area contributed by atoms with Crippen LogP contribution in [0.2, 0.25) is 0 Å². The zero-order valence-electron chi connectivity index (χ0n) is 11.8. The summed E-state index contributed by atoms with van der Waals surface area (Å²) in [6, 6.07) is -1.95. The van der Waals surface area contributed by atoms with Gasteiger partial charge in [-0.3, -0.25) is 4.90 Å². The topological polar surface area (TPSA) is 111 Å². The fourth-order valence-corrected chi connectivity index (χ4v) is 1.98. The molecule has 0 aromatic rings. The smallest absolute Gasteiger partial charge is 0.328 e. The van der Waals surface area contributed by atoms with Crippen molar-refractivity contribution in [2.24, 2.45) is 0 Å². The maximum absolute atomic E-state index is 11.6. The van der Waals surface area contributed by atoms with Gasteiger partial charge < -0.3 is 25.6 Å². The Hall–Kier alpha value is -1.38. The molecule has 1 aliphatic heterocycles. The number of aliphatic carboxylic acids is 1. The average Bonchev–Trinajstić information content (AvgIpc) is 2.42. The lowest BCUT2D eigenvalue weighted by molar-refractivity contribution is -0.141. The first-order valence-electron chi connectivity index (χ1n) is 6.73. The van der Waals surface area contributed by atoms with Crippen LogP contribution in [-0.2, 0) is 9.53 Å². The molecule has 3 atom stereocenters. The number of hydrogen-bond acceptors (Lipinski definition) is 5. The molecule has 1 rings (SSSR count). The maximum Gasteiger partial charge on any atom is 0.328 e. The zero-order valence-corrected chi connectivity index (χ0v) is 11.8. The van der Waals surface area contributed by atoms with Crippen molar-refractivity contribution in [1.82, 2.24) is 15.5 Å². The van der Waals surface area contributed by atoms with Crippen LogP contribution in [0.1, 0.15) is 13.8 Å². The molecule has 4 N–H and O–H groups in total. The highest BCUT2D eigenvalue weighted by Gasteiger charge is 2.25. The Balaban J connectivity index is 2.33. The van der Waals surface area contributed by atoms with E-state index in [9.17, 15) is 14.7 Å². The van der Waals surface area contributed by atoms with Gasteiger partial charge in [-0.15, -0.1) is 0 Å². The molecule has 1 aliphatic rings. The molecule has 0 aromatic heterocycles. The number of likely N-dealkylation sites (N-methyl/N-ethyl adjacent to an activating group) is 1.